The molecule has 1 atom stereocenters. The minimum absolute atomic E-state index is 0.0256. The van der Waals surface area contributed by atoms with Gasteiger partial charge in [0.1, 0.15) is 11.9 Å². The molecule has 2 aliphatic rings. The number of carboxylic acids is 1. The summed E-state index contributed by atoms with van der Waals surface area (Å²) >= 11 is 0. The number of aryl methyl sites for hydroxylation is 1. The number of amides is 1. The highest BCUT2D eigenvalue weighted by Crippen LogP contribution is 2.31. The number of rotatable bonds is 4. The summed E-state index contributed by atoms with van der Waals surface area (Å²) in [6.07, 6.45) is 1.84. The van der Waals surface area contributed by atoms with Crippen LogP contribution in [-0.4, -0.2) is 53.3 Å². The van der Waals surface area contributed by atoms with E-state index in [2.05, 4.69) is 0 Å². The predicted octanol–water partition coefficient (Wildman–Crippen LogP) is 2.00. The molecule has 130 valence electrons. The molecule has 6 heteroatoms. The van der Waals surface area contributed by atoms with Gasteiger partial charge in [0.05, 0.1) is 0 Å². The Morgan fingerprint density at radius 3 is 2.58 bits per heavy atom. The highest BCUT2D eigenvalue weighted by atomic mass is 16.5. The first kappa shape index (κ1) is 16.8. The average molecular weight is 333 g/mol. The molecule has 2 fully saturated rings. The number of benzene rings is 1. The van der Waals surface area contributed by atoms with Gasteiger partial charge >= 0.3 is 5.97 Å². The summed E-state index contributed by atoms with van der Waals surface area (Å²) in [5.74, 6) is -0.420. The van der Waals surface area contributed by atoms with Gasteiger partial charge in [-0.3, -0.25) is 4.79 Å². The molecule has 2 heterocycles. The normalized spacial score (nSPS) is 23.0. The van der Waals surface area contributed by atoms with Crippen LogP contribution in [-0.2, 0) is 14.3 Å². The molecular weight excluding hydrogens is 310 g/mol. The fourth-order valence-corrected chi connectivity index (χ4v) is 3.31. The number of aliphatic carboxylic acids is 1. The SMILES string of the molecule is Cc1ccccc1OC1(C(=O)O)CCN(C(=O)C2CCCO2)CC1. The van der Waals surface area contributed by atoms with Gasteiger partial charge in [-0.2, -0.15) is 0 Å². The highest BCUT2D eigenvalue weighted by Gasteiger charge is 2.46. The van der Waals surface area contributed by atoms with Crippen molar-refractivity contribution in [2.45, 2.75) is 44.3 Å². The molecule has 24 heavy (non-hydrogen) atoms. The van der Waals surface area contributed by atoms with Crippen LogP contribution in [0.1, 0.15) is 31.2 Å². The van der Waals surface area contributed by atoms with Crippen LogP contribution in [0, 0.1) is 6.92 Å². The zero-order valence-corrected chi connectivity index (χ0v) is 13.9. The van der Waals surface area contributed by atoms with Crippen molar-refractivity contribution in [1.82, 2.24) is 4.90 Å². The minimum atomic E-state index is -1.28. The van der Waals surface area contributed by atoms with E-state index in [4.69, 9.17) is 9.47 Å². The lowest BCUT2D eigenvalue weighted by Gasteiger charge is -2.39. The van der Waals surface area contributed by atoms with Gasteiger partial charge in [0.2, 0.25) is 5.60 Å². The quantitative estimate of drug-likeness (QED) is 0.912. The summed E-state index contributed by atoms with van der Waals surface area (Å²) in [5.41, 5.74) is -0.379. The Kier molecular flexibility index (Phi) is 4.76. The number of carboxylic acid groups (broad SMARTS) is 1. The summed E-state index contributed by atoms with van der Waals surface area (Å²) in [6, 6.07) is 7.39. The van der Waals surface area contributed by atoms with Crippen molar-refractivity contribution >= 4 is 11.9 Å². The van der Waals surface area contributed by atoms with Crippen LogP contribution in [0.5, 0.6) is 5.75 Å². The van der Waals surface area contributed by atoms with E-state index >= 15 is 0 Å². The molecule has 3 rings (SSSR count). The number of carbonyl (C=O) groups is 2. The number of carbonyl (C=O) groups excluding carboxylic acids is 1. The number of hydrogen-bond acceptors (Lipinski definition) is 4. The first-order valence-corrected chi connectivity index (χ1v) is 8.40. The first-order valence-electron chi connectivity index (χ1n) is 8.40. The van der Waals surface area contributed by atoms with E-state index in [0.717, 1.165) is 18.4 Å². The average Bonchev–Trinajstić information content (AvgIpc) is 3.11. The van der Waals surface area contributed by atoms with Crippen molar-refractivity contribution in [3.63, 3.8) is 0 Å². The molecule has 1 unspecified atom stereocenters. The van der Waals surface area contributed by atoms with Crippen LogP contribution >= 0.6 is 0 Å². The molecule has 0 saturated carbocycles. The van der Waals surface area contributed by atoms with E-state index in [0.29, 0.717) is 25.4 Å². The topological polar surface area (TPSA) is 76.1 Å². The van der Waals surface area contributed by atoms with Crippen LogP contribution in [0.4, 0.5) is 0 Å². The Morgan fingerprint density at radius 1 is 1.29 bits per heavy atom. The molecule has 0 radical (unpaired) electrons. The van der Waals surface area contributed by atoms with Gasteiger partial charge in [-0.15, -0.1) is 0 Å². The molecule has 1 N–H and O–H groups in total. The molecule has 6 nitrogen and oxygen atoms in total. The Hall–Kier alpha value is -2.08. The lowest BCUT2D eigenvalue weighted by molar-refractivity contribution is -0.163. The fourth-order valence-electron chi connectivity index (χ4n) is 3.31. The summed E-state index contributed by atoms with van der Waals surface area (Å²) in [6.45, 7) is 3.26. The smallest absolute Gasteiger partial charge is 0.348 e. The highest BCUT2D eigenvalue weighted by molar-refractivity contribution is 5.82. The molecule has 1 amide bonds. The summed E-state index contributed by atoms with van der Waals surface area (Å²) < 4.78 is 11.4. The molecule has 0 aromatic heterocycles. The van der Waals surface area contributed by atoms with E-state index in [1.807, 2.05) is 25.1 Å². The van der Waals surface area contributed by atoms with Crippen LogP contribution in [0.2, 0.25) is 0 Å². The van der Waals surface area contributed by atoms with Crippen molar-refractivity contribution in [2.24, 2.45) is 0 Å². The Balaban J connectivity index is 1.69. The van der Waals surface area contributed by atoms with Crippen LogP contribution in [0.25, 0.3) is 0 Å². The molecule has 0 aliphatic carbocycles. The van der Waals surface area contributed by atoms with Crippen molar-refractivity contribution in [3.05, 3.63) is 29.8 Å². The zero-order valence-electron chi connectivity index (χ0n) is 13.9. The molecule has 1 aromatic carbocycles. The minimum Gasteiger partial charge on any atom is -0.478 e. The van der Waals surface area contributed by atoms with E-state index < -0.39 is 11.6 Å². The predicted molar refractivity (Wildman–Crippen MR) is 87.0 cm³/mol. The van der Waals surface area contributed by atoms with Crippen molar-refractivity contribution in [2.75, 3.05) is 19.7 Å². The number of piperidine rings is 1. The monoisotopic (exact) mass is 333 g/mol. The molecular formula is C18H23NO5. The van der Waals surface area contributed by atoms with E-state index in [1.54, 1.807) is 11.0 Å². The fraction of sp³-hybridized carbons (Fsp3) is 0.556. The van der Waals surface area contributed by atoms with E-state index in [1.165, 1.54) is 0 Å². The first-order chi connectivity index (χ1) is 11.5. The molecule has 0 spiro atoms. The third-order valence-corrected chi connectivity index (χ3v) is 4.88. The lowest BCUT2D eigenvalue weighted by Crippen LogP contribution is -2.55. The van der Waals surface area contributed by atoms with Crippen molar-refractivity contribution in [1.29, 1.82) is 0 Å². The number of ether oxygens (including phenoxy) is 2. The molecule has 2 aliphatic heterocycles. The van der Waals surface area contributed by atoms with Gasteiger partial charge in [-0.1, -0.05) is 18.2 Å². The van der Waals surface area contributed by atoms with Crippen molar-refractivity contribution in [3.8, 4) is 5.75 Å². The Bertz CT molecular complexity index is 616. The third kappa shape index (κ3) is 3.24. The molecule has 1 aromatic rings. The number of para-hydroxylation sites is 1. The van der Waals surface area contributed by atoms with Gasteiger partial charge < -0.3 is 19.5 Å². The van der Waals surface area contributed by atoms with Crippen LogP contribution in [0.15, 0.2) is 24.3 Å². The lowest BCUT2D eigenvalue weighted by atomic mass is 9.90. The summed E-state index contributed by atoms with van der Waals surface area (Å²) in [5, 5.41) is 9.72. The van der Waals surface area contributed by atoms with Gasteiger partial charge in [0, 0.05) is 32.5 Å². The number of likely N-dealkylation sites (tertiary alicyclic amines) is 1. The second-order valence-corrected chi connectivity index (χ2v) is 6.49. The largest absolute Gasteiger partial charge is 0.478 e. The maximum absolute atomic E-state index is 12.4. The van der Waals surface area contributed by atoms with Crippen LogP contribution < -0.4 is 4.74 Å². The standard InChI is InChI=1S/C18H23NO5/c1-13-5-2-3-6-14(13)24-18(17(21)22)8-10-19(11-9-18)16(20)15-7-4-12-23-15/h2-3,5-6,15H,4,7-12H2,1H3,(H,21,22). The number of nitrogens with zero attached hydrogens (tertiary/aromatic N) is 1. The zero-order chi connectivity index (χ0) is 17.2. The summed E-state index contributed by atoms with van der Waals surface area (Å²) in [4.78, 5) is 26.0. The Morgan fingerprint density at radius 2 is 2.00 bits per heavy atom. The second-order valence-electron chi connectivity index (χ2n) is 6.49. The van der Waals surface area contributed by atoms with E-state index in [9.17, 15) is 14.7 Å². The van der Waals surface area contributed by atoms with Crippen molar-refractivity contribution < 1.29 is 24.2 Å². The second kappa shape index (κ2) is 6.81. The van der Waals surface area contributed by atoms with Gasteiger partial charge in [-0.05, 0) is 31.4 Å². The maximum atomic E-state index is 12.4. The van der Waals surface area contributed by atoms with E-state index in [-0.39, 0.29) is 24.9 Å². The number of hydrogen-bond donors (Lipinski definition) is 1. The maximum Gasteiger partial charge on any atom is 0.348 e. The summed E-state index contributed by atoms with van der Waals surface area (Å²) in [7, 11) is 0. The molecule has 2 saturated heterocycles. The Labute approximate surface area is 141 Å². The van der Waals surface area contributed by atoms with Gasteiger partial charge in [0.15, 0.2) is 0 Å². The van der Waals surface area contributed by atoms with Gasteiger partial charge in [0.25, 0.3) is 5.91 Å². The molecule has 0 bridgehead atoms. The third-order valence-electron chi connectivity index (χ3n) is 4.88. The van der Waals surface area contributed by atoms with Crippen LogP contribution in [0.3, 0.4) is 0 Å². The van der Waals surface area contributed by atoms with Gasteiger partial charge in [-0.25, -0.2) is 4.79 Å².